The molecule has 0 heterocycles. The Bertz CT molecular complexity index is 1040. The number of benzene rings is 2. The minimum atomic E-state index is -4.61. The molecule has 0 bridgehead atoms. The molecular weight excluding hydrogens is 464 g/mol. The molecule has 4 nitrogen and oxygen atoms in total. The van der Waals surface area contributed by atoms with Crippen LogP contribution in [0.25, 0.3) is 0 Å². The summed E-state index contributed by atoms with van der Waals surface area (Å²) in [5.74, 6) is -0.218. The monoisotopic (exact) mass is 496 g/mol. The van der Waals surface area contributed by atoms with Crippen molar-refractivity contribution in [1.82, 2.24) is 0 Å². The van der Waals surface area contributed by atoms with Crippen LogP contribution >= 0.6 is 7.37 Å². The molecule has 2 aromatic carbocycles. The first-order valence-corrected chi connectivity index (χ1v) is 13.9. The molecule has 2 saturated carbocycles. The maximum atomic E-state index is 14.8. The third-order valence-corrected chi connectivity index (χ3v) is 8.60. The third-order valence-electron chi connectivity index (χ3n) is 7.21. The summed E-state index contributed by atoms with van der Waals surface area (Å²) in [5.41, 5.74) is -2.64. The zero-order valence-electron chi connectivity index (χ0n) is 19.6. The second kappa shape index (κ2) is 9.94. The summed E-state index contributed by atoms with van der Waals surface area (Å²) in [7, 11) is -3.04. The van der Waals surface area contributed by atoms with E-state index < -0.39 is 19.0 Å². The van der Waals surface area contributed by atoms with Gasteiger partial charge in [-0.1, -0.05) is 12.1 Å². The van der Waals surface area contributed by atoms with Crippen LogP contribution in [-0.2, 0) is 4.57 Å². The van der Waals surface area contributed by atoms with Gasteiger partial charge in [0, 0.05) is 6.66 Å². The van der Waals surface area contributed by atoms with Crippen molar-refractivity contribution in [2.75, 3.05) is 20.4 Å². The van der Waals surface area contributed by atoms with Crippen LogP contribution in [0.5, 0.6) is 11.5 Å². The Morgan fingerprint density at radius 3 is 2.38 bits per heavy atom. The van der Waals surface area contributed by atoms with E-state index in [4.69, 9.17) is 9.47 Å². The van der Waals surface area contributed by atoms with Crippen molar-refractivity contribution in [3.05, 3.63) is 59.4 Å². The first-order chi connectivity index (χ1) is 16.1. The fourth-order valence-corrected chi connectivity index (χ4v) is 5.93. The summed E-state index contributed by atoms with van der Waals surface area (Å²) in [4.78, 5) is 9.69. The molecule has 2 aliphatic rings. The third kappa shape index (κ3) is 5.46. The van der Waals surface area contributed by atoms with Gasteiger partial charge in [0.2, 0.25) is 0 Å². The standard InChI is InChI=1S/C26H32F3O4P/c1-32-21-12-13-24(27)23(15-21)18-8-6-17(7-9-18)16-33-22-5-3-4-20(14-22)25(19-10-11-19)26(28,29)34(2,30)31/h3-5,12-15,17-19,25H,6-11,16H2,1-2H3,(H,30,31)/t17?,18?,25-/m0/s1. The first kappa shape index (κ1) is 25.1. The molecule has 4 rings (SSSR count). The quantitative estimate of drug-likeness (QED) is 0.374. The molecule has 8 heteroatoms. The highest BCUT2D eigenvalue weighted by molar-refractivity contribution is 7.58. The molecule has 1 unspecified atom stereocenters. The van der Waals surface area contributed by atoms with E-state index in [0.29, 0.717) is 48.0 Å². The van der Waals surface area contributed by atoms with Gasteiger partial charge in [-0.05, 0) is 97.7 Å². The van der Waals surface area contributed by atoms with Crippen LogP contribution in [0.15, 0.2) is 42.5 Å². The fourth-order valence-electron chi connectivity index (χ4n) is 5.06. The lowest BCUT2D eigenvalue weighted by molar-refractivity contribution is 0.0388. The maximum Gasteiger partial charge on any atom is 0.328 e. The molecule has 0 radical (unpaired) electrons. The van der Waals surface area contributed by atoms with E-state index >= 15 is 0 Å². The minimum Gasteiger partial charge on any atom is -0.497 e. The molecule has 0 saturated heterocycles. The molecule has 0 amide bonds. The molecule has 0 spiro atoms. The van der Waals surface area contributed by atoms with Crippen LogP contribution in [0.2, 0.25) is 0 Å². The van der Waals surface area contributed by atoms with Crippen LogP contribution in [0.4, 0.5) is 13.2 Å². The van der Waals surface area contributed by atoms with E-state index in [9.17, 15) is 22.6 Å². The van der Waals surface area contributed by atoms with Crippen molar-refractivity contribution in [2.45, 2.75) is 56.0 Å². The molecule has 2 aliphatic carbocycles. The second-order valence-electron chi connectivity index (χ2n) is 9.77. The summed E-state index contributed by atoms with van der Waals surface area (Å²) in [6.45, 7) is 1.18. The maximum absolute atomic E-state index is 14.8. The lowest BCUT2D eigenvalue weighted by Crippen LogP contribution is -2.28. The van der Waals surface area contributed by atoms with Gasteiger partial charge in [0.15, 0.2) is 0 Å². The highest BCUT2D eigenvalue weighted by Gasteiger charge is 2.57. The lowest BCUT2D eigenvalue weighted by Gasteiger charge is -2.30. The van der Waals surface area contributed by atoms with Gasteiger partial charge in [0.1, 0.15) is 17.3 Å². The summed E-state index contributed by atoms with van der Waals surface area (Å²) in [5, 5.41) is 0. The molecule has 2 fully saturated rings. The highest BCUT2D eigenvalue weighted by atomic mass is 31.2. The number of hydrogen-bond donors (Lipinski definition) is 1. The van der Waals surface area contributed by atoms with Gasteiger partial charge in [-0.2, -0.15) is 8.78 Å². The normalized spacial score (nSPS) is 23.7. The van der Waals surface area contributed by atoms with Gasteiger partial charge >= 0.3 is 5.66 Å². The van der Waals surface area contributed by atoms with Gasteiger partial charge in [-0.3, -0.25) is 4.57 Å². The van der Waals surface area contributed by atoms with Gasteiger partial charge in [-0.15, -0.1) is 0 Å². The molecule has 1 N–H and O–H groups in total. The second-order valence-corrected chi connectivity index (χ2v) is 12.1. The fraction of sp³-hybridized carbons (Fsp3) is 0.538. The van der Waals surface area contributed by atoms with E-state index in [0.717, 1.165) is 32.3 Å². The van der Waals surface area contributed by atoms with E-state index in [1.54, 1.807) is 43.5 Å². The van der Waals surface area contributed by atoms with Crippen molar-refractivity contribution in [1.29, 1.82) is 0 Å². The molecule has 2 atom stereocenters. The average molecular weight is 497 g/mol. The Balaban J connectivity index is 1.37. The number of ether oxygens (including phenoxy) is 2. The zero-order chi connectivity index (χ0) is 24.5. The van der Waals surface area contributed by atoms with Crippen LogP contribution < -0.4 is 9.47 Å². The predicted octanol–water partition coefficient (Wildman–Crippen LogP) is 7.17. The Morgan fingerprint density at radius 2 is 1.76 bits per heavy atom. The smallest absolute Gasteiger partial charge is 0.328 e. The van der Waals surface area contributed by atoms with Crippen LogP contribution in [0.3, 0.4) is 0 Å². The Kier molecular flexibility index (Phi) is 7.35. The van der Waals surface area contributed by atoms with Crippen molar-refractivity contribution in [2.24, 2.45) is 11.8 Å². The van der Waals surface area contributed by atoms with Gasteiger partial charge < -0.3 is 14.4 Å². The first-order valence-electron chi connectivity index (χ1n) is 11.8. The molecular formula is C26H32F3O4P. The van der Waals surface area contributed by atoms with E-state index in [2.05, 4.69) is 0 Å². The Labute approximate surface area is 198 Å². The largest absolute Gasteiger partial charge is 0.497 e. The molecule has 186 valence electrons. The number of alkyl halides is 2. The van der Waals surface area contributed by atoms with E-state index in [1.807, 2.05) is 0 Å². The van der Waals surface area contributed by atoms with E-state index in [1.165, 1.54) is 6.07 Å². The van der Waals surface area contributed by atoms with Gasteiger partial charge in [0.25, 0.3) is 7.37 Å². The zero-order valence-corrected chi connectivity index (χ0v) is 20.4. The Hall–Kier alpha value is -1.98. The number of methoxy groups -OCH3 is 1. The van der Waals surface area contributed by atoms with Crippen molar-refractivity contribution < 1.29 is 32.1 Å². The van der Waals surface area contributed by atoms with E-state index in [-0.39, 0.29) is 17.7 Å². The lowest BCUT2D eigenvalue weighted by atomic mass is 9.79. The summed E-state index contributed by atoms with van der Waals surface area (Å²) in [6, 6.07) is 11.4. The molecule has 0 aliphatic heterocycles. The Morgan fingerprint density at radius 1 is 1.06 bits per heavy atom. The SMILES string of the molecule is COc1ccc(F)c(C2CCC(COc3cccc([C@H](C4CC4)C(F)(F)P(C)(=O)O)c3)CC2)c1. The number of rotatable bonds is 9. The number of halogens is 3. The number of hydrogen-bond acceptors (Lipinski definition) is 3. The van der Waals surface area contributed by atoms with Crippen LogP contribution in [0, 0.1) is 17.7 Å². The molecule has 2 aromatic rings. The van der Waals surface area contributed by atoms with Crippen LogP contribution in [0.1, 0.15) is 61.5 Å². The molecule has 34 heavy (non-hydrogen) atoms. The summed E-state index contributed by atoms with van der Waals surface area (Å²) >= 11 is 0. The average Bonchev–Trinajstić information content (AvgIpc) is 3.63. The van der Waals surface area contributed by atoms with Crippen molar-refractivity contribution >= 4 is 7.37 Å². The van der Waals surface area contributed by atoms with Gasteiger partial charge in [-0.25, -0.2) is 4.39 Å². The molecule has 0 aromatic heterocycles. The topological polar surface area (TPSA) is 55.8 Å². The summed E-state index contributed by atoms with van der Waals surface area (Å²) < 4.78 is 67.1. The predicted molar refractivity (Wildman–Crippen MR) is 126 cm³/mol. The van der Waals surface area contributed by atoms with Crippen molar-refractivity contribution in [3.63, 3.8) is 0 Å². The minimum absolute atomic E-state index is 0.138. The van der Waals surface area contributed by atoms with Crippen LogP contribution in [-0.4, -0.2) is 30.9 Å². The summed E-state index contributed by atoms with van der Waals surface area (Å²) in [6.07, 6.45) is 4.71. The highest BCUT2D eigenvalue weighted by Crippen LogP contribution is 2.65. The van der Waals surface area contributed by atoms with Gasteiger partial charge in [0.05, 0.1) is 19.6 Å². The van der Waals surface area contributed by atoms with Crippen molar-refractivity contribution in [3.8, 4) is 11.5 Å².